The van der Waals surface area contributed by atoms with Crippen molar-refractivity contribution in [2.45, 2.75) is 12.7 Å². The molecule has 8 heteroatoms. The standard InChI is InChI=1S/C20H25N3O4S/c1-14-10-16(12-22(2)19(14)24)15-4-5-18(17(11-15)13-28(3,26)27)20(25)23-8-6-21-7-9-23/h4-5,10-12,21H,6-9,13H2,1-3H3. The summed E-state index contributed by atoms with van der Waals surface area (Å²) in [5.74, 6) is -0.359. The van der Waals surface area contributed by atoms with Crippen molar-refractivity contribution in [1.29, 1.82) is 0 Å². The summed E-state index contributed by atoms with van der Waals surface area (Å²) in [6, 6.07) is 7.02. The van der Waals surface area contributed by atoms with E-state index < -0.39 is 9.84 Å². The first-order valence-corrected chi connectivity index (χ1v) is 11.2. The summed E-state index contributed by atoms with van der Waals surface area (Å²) >= 11 is 0. The quantitative estimate of drug-likeness (QED) is 0.821. The minimum Gasteiger partial charge on any atom is -0.336 e. The van der Waals surface area contributed by atoms with Crippen LogP contribution in [-0.4, -0.2) is 56.2 Å². The highest BCUT2D eigenvalue weighted by Gasteiger charge is 2.22. The fourth-order valence-electron chi connectivity index (χ4n) is 3.46. The van der Waals surface area contributed by atoms with Gasteiger partial charge in [0.2, 0.25) is 0 Å². The maximum absolute atomic E-state index is 13.0. The molecule has 0 atom stereocenters. The van der Waals surface area contributed by atoms with Crippen LogP contribution in [0.2, 0.25) is 0 Å². The third-order valence-corrected chi connectivity index (χ3v) is 5.69. The average Bonchev–Trinajstić information content (AvgIpc) is 2.64. The van der Waals surface area contributed by atoms with Crippen molar-refractivity contribution in [2.24, 2.45) is 7.05 Å². The second-order valence-electron chi connectivity index (χ2n) is 7.31. The predicted molar refractivity (Wildman–Crippen MR) is 109 cm³/mol. The second-order valence-corrected chi connectivity index (χ2v) is 9.45. The number of piperazine rings is 1. The molecule has 1 aliphatic heterocycles. The van der Waals surface area contributed by atoms with Crippen LogP contribution in [-0.2, 0) is 22.6 Å². The highest BCUT2D eigenvalue weighted by atomic mass is 32.2. The highest BCUT2D eigenvalue weighted by Crippen LogP contribution is 2.25. The number of aryl methyl sites for hydroxylation is 2. The van der Waals surface area contributed by atoms with Gasteiger partial charge in [0.1, 0.15) is 0 Å². The monoisotopic (exact) mass is 403 g/mol. The van der Waals surface area contributed by atoms with Crippen molar-refractivity contribution >= 4 is 15.7 Å². The number of aromatic nitrogens is 1. The summed E-state index contributed by atoms with van der Waals surface area (Å²) in [4.78, 5) is 26.7. The number of hydrogen-bond donors (Lipinski definition) is 1. The number of carbonyl (C=O) groups is 1. The zero-order chi connectivity index (χ0) is 20.5. The van der Waals surface area contributed by atoms with E-state index in [1.54, 1.807) is 49.3 Å². The van der Waals surface area contributed by atoms with Gasteiger partial charge in [0.25, 0.3) is 11.5 Å². The highest BCUT2D eigenvalue weighted by molar-refractivity contribution is 7.89. The van der Waals surface area contributed by atoms with E-state index in [1.165, 1.54) is 4.57 Å². The number of amides is 1. The maximum Gasteiger partial charge on any atom is 0.254 e. The fourth-order valence-corrected chi connectivity index (χ4v) is 4.26. The molecule has 1 aromatic heterocycles. The Bertz CT molecular complexity index is 1040. The van der Waals surface area contributed by atoms with Gasteiger partial charge in [0.15, 0.2) is 9.84 Å². The molecule has 1 aliphatic rings. The van der Waals surface area contributed by atoms with Crippen molar-refractivity contribution in [3.63, 3.8) is 0 Å². The van der Waals surface area contributed by atoms with E-state index in [9.17, 15) is 18.0 Å². The molecule has 1 fully saturated rings. The molecule has 2 aromatic rings. The number of nitrogens with zero attached hydrogens (tertiary/aromatic N) is 2. The summed E-state index contributed by atoms with van der Waals surface area (Å²) in [5.41, 5.74) is 2.99. The number of nitrogens with one attached hydrogen (secondary N) is 1. The van der Waals surface area contributed by atoms with Crippen LogP contribution in [0, 0.1) is 6.92 Å². The molecule has 150 valence electrons. The molecule has 2 heterocycles. The molecule has 0 saturated carbocycles. The van der Waals surface area contributed by atoms with E-state index in [2.05, 4.69) is 5.32 Å². The summed E-state index contributed by atoms with van der Waals surface area (Å²) in [6.07, 6.45) is 2.88. The van der Waals surface area contributed by atoms with Gasteiger partial charge < -0.3 is 14.8 Å². The Morgan fingerprint density at radius 1 is 1.14 bits per heavy atom. The SMILES string of the molecule is Cc1cc(-c2ccc(C(=O)N3CCNCC3)c(CS(C)(=O)=O)c2)cn(C)c1=O. The molecule has 28 heavy (non-hydrogen) atoms. The lowest BCUT2D eigenvalue weighted by Gasteiger charge is -2.28. The van der Waals surface area contributed by atoms with Gasteiger partial charge in [0.05, 0.1) is 5.75 Å². The minimum absolute atomic E-state index is 0.0781. The topological polar surface area (TPSA) is 88.5 Å². The zero-order valence-corrected chi connectivity index (χ0v) is 17.2. The number of benzene rings is 1. The van der Waals surface area contributed by atoms with E-state index in [0.717, 1.165) is 30.5 Å². The van der Waals surface area contributed by atoms with Gasteiger partial charge in [0, 0.05) is 56.8 Å². The van der Waals surface area contributed by atoms with Crippen LogP contribution in [0.1, 0.15) is 21.5 Å². The van der Waals surface area contributed by atoms with E-state index in [1.807, 2.05) is 0 Å². The fraction of sp³-hybridized carbons (Fsp3) is 0.400. The van der Waals surface area contributed by atoms with Gasteiger partial charge in [-0.15, -0.1) is 0 Å². The Morgan fingerprint density at radius 2 is 1.82 bits per heavy atom. The Balaban J connectivity index is 2.07. The maximum atomic E-state index is 13.0. The van der Waals surface area contributed by atoms with Crippen LogP contribution in [0.3, 0.4) is 0 Å². The molecule has 1 amide bonds. The lowest BCUT2D eigenvalue weighted by Crippen LogP contribution is -2.46. The molecule has 7 nitrogen and oxygen atoms in total. The first-order valence-electron chi connectivity index (χ1n) is 9.14. The predicted octanol–water partition coefficient (Wildman–Crippen LogP) is 0.951. The van der Waals surface area contributed by atoms with E-state index in [4.69, 9.17) is 0 Å². The van der Waals surface area contributed by atoms with Gasteiger partial charge in [-0.3, -0.25) is 9.59 Å². The number of sulfone groups is 1. The molecule has 1 saturated heterocycles. The van der Waals surface area contributed by atoms with E-state index >= 15 is 0 Å². The first kappa shape index (κ1) is 20.3. The number of carbonyl (C=O) groups excluding carboxylic acids is 1. The summed E-state index contributed by atoms with van der Waals surface area (Å²) in [6.45, 7) is 4.38. The van der Waals surface area contributed by atoms with E-state index in [0.29, 0.717) is 29.8 Å². The van der Waals surface area contributed by atoms with Gasteiger partial charge in [-0.1, -0.05) is 6.07 Å². The summed E-state index contributed by atoms with van der Waals surface area (Å²) in [5, 5.41) is 3.20. The molecule has 0 spiro atoms. The largest absolute Gasteiger partial charge is 0.336 e. The normalized spacial score (nSPS) is 14.9. The molecule has 0 unspecified atom stereocenters. The van der Waals surface area contributed by atoms with Crippen LogP contribution >= 0.6 is 0 Å². The molecule has 1 aromatic carbocycles. The molecule has 0 bridgehead atoms. The molecule has 0 radical (unpaired) electrons. The van der Waals surface area contributed by atoms with E-state index in [-0.39, 0.29) is 17.2 Å². The van der Waals surface area contributed by atoms with Crippen LogP contribution in [0.25, 0.3) is 11.1 Å². The molecule has 3 rings (SSSR count). The molecular weight excluding hydrogens is 378 g/mol. The van der Waals surface area contributed by atoms with Gasteiger partial charge >= 0.3 is 0 Å². The molecule has 0 aliphatic carbocycles. The third kappa shape index (κ3) is 4.51. The summed E-state index contributed by atoms with van der Waals surface area (Å²) in [7, 11) is -1.65. The lowest BCUT2D eigenvalue weighted by atomic mass is 9.99. The average molecular weight is 404 g/mol. The van der Waals surface area contributed by atoms with Crippen molar-refractivity contribution in [1.82, 2.24) is 14.8 Å². The van der Waals surface area contributed by atoms with Crippen molar-refractivity contribution < 1.29 is 13.2 Å². The third-order valence-electron chi connectivity index (χ3n) is 4.85. The number of pyridine rings is 1. The Morgan fingerprint density at radius 3 is 2.43 bits per heavy atom. The van der Waals surface area contributed by atoms with Gasteiger partial charge in [-0.2, -0.15) is 0 Å². The molecular formula is C20H25N3O4S. The Labute approximate surface area is 164 Å². The van der Waals surface area contributed by atoms with Crippen molar-refractivity contribution in [3.8, 4) is 11.1 Å². The van der Waals surface area contributed by atoms with Gasteiger partial charge in [-0.05, 0) is 41.8 Å². The van der Waals surface area contributed by atoms with Crippen LogP contribution < -0.4 is 10.9 Å². The zero-order valence-electron chi connectivity index (χ0n) is 16.4. The Hall–Kier alpha value is -2.45. The first-order chi connectivity index (χ1) is 13.2. The smallest absolute Gasteiger partial charge is 0.254 e. The Kier molecular flexibility index (Phi) is 5.71. The molecule has 1 N–H and O–H groups in total. The number of hydrogen-bond acceptors (Lipinski definition) is 5. The number of rotatable bonds is 4. The minimum atomic E-state index is -3.32. The van der Waals surface area contributed by atoms with Gasteiger partial charge in [-0.25, -0.2) is 8.42 Å². The lowest BCUT2D eigenvalue weighted by molar-refractivity contribution is 0.0735. The summed E-state index contributed by atoms with van der Waals surface area (Å²) < 4.78 is 25.4. The van der Waals surface area contributed by atoms with Crippen LogP contribution in [0.5, 0.6) is 0 Å². The van der Waals surface area contributed by atoms with Crippen molar-refractivity contribution in [2.75, 3.05) is 32.4 Å². The van der Waals surface area contributed by atoms with Crippen molar-refractivity contribution in [3.05, 3.63) is 57.5 Å². The van der Waals surface area contributed by atoms with Crippen LogP contribution in [0.4, 0.5) is 0 Å². The second kappa shape index (κ2) is 7.89. The van der Waals surface area contributed by atoms with Crippen LogP contribution in [0.15, 0.2) is 35.3 Å².